The third-order valence-corrected chi connectivity index (χ3v) is 9.19. The summed E-state index contributed by atoms with van der Waals surface area (Å²) in [6.45, 7) is 3.75. The van der Waals surface area contributed by atoms with Gasteiger partial charge in [-0.05, 0) is 81.0 Å². The Hall–Kier alpha value is -3.83. The minimum atomic E-state index is -3.72. The van der Waals surface area contributed by atoms with Crippen LogP contribution in [0.25, 0.3) is 22.0 Å². The average Bonchev–Trinajstić information content (AvgIpc) is 2.95. The van der Waals surface area contributed by atoms with E-state index in [-0.39, 0.29) is 23.4 Å². The normalized spacial score (nSPS) is 17.7. The number of nitrogens with zero attached hydrogens (tertiary/aromatic N) is 3. The number of ether oxygens (including phenoxy) is 1. The molecule has 214 valence electrons. The number of hydrogen-bond acceptors (Lipinski definition) is 8. The second-order valence-electron chi connectivity index (χ2n) is 10.8. The summed E-state index contributed by atoms with van der Waals surface area (Å²) in [5.41, 5.74) is 2.03. The number of hydrogen-bond donors (Lipinski definition) is 3. The van der Waals surface area contributed by atoms with Crippen molar-refractivity contribution in [1.29, 1.82) is 0 Å². The molecule has 11 heteroatoms. The molecule has 2 aromatic carbocycles. The van der Waals surface area contributed by atoms with Gasteiger partial charge in [-0.2, -0.15) is 0 Å². The first-order chi connectivity index (χ1) is 19.9. The number of nitrogens with one attached hydrogen (secondary N) is 3. The number of rotatable bonds is 9. The maximum absolute atomic E-state index is 15.0. The molecule has 1 aliphatic heterocycles. The summed E-state index contributed by atoms with van der Waals surface area (Å²) in [6.07, 6.45) is 8.26. The van der Waals surface area contributed by atoms with Crippen LogP contribution in [0, 0.1) is 18.7 Å². The number of halogens is 1. The van der Waals surface area contributed by atoms with Crippen molar-refractivity contribution in [3.05, 3.63) is 66.2 Å². The fourth-order valence-electron chi connectivity index (χ4n) is 5.37. The highest BCUT2D eigenvalue weighted by Crippen LogP contribution is 2.40. The molecule has 3 N–H and O–H groups in total. The van der Waals surface area contributed by atoms with Gasteiger partial charge in [0.05, 0.1) is 22.7 Å². The molecule has 1 saturated carbocycles. The van der Waals surface area contributed by atoms with Crippen molar-refractivity contribution in [2.24, 2.45) is 5.92 Å². The van der Waals surface area contributed by atoms with Crippen LogP contribution in [-0.4, -0.2) is 48.3 Å². The van der Waals surface area contributed by atoms with Crippen molar-refractivity contribution >= 4 is 32.4 Å². The molecule has 41 heavy (non-hydrogen) atoms. The molecule has 1 aliphatic carbocycles. The van der Waals surface area contributed by atoms with E-state index in [1.54, 1.807) is 36.7 Å². The first-order valence-electron chi connectivity index (χ1n) is 14.0. The molecule has 1 unspecified atom stereocenters. The minimum absolute atomic E-state index is 0.0115. The predicted octanol–water partition coefficient (Wildman–Crippen LogP) is 5.64. The van der Waals surface area contributed by atoms with E-state index in [1.165, 1.54) is 6.07 Å². The van der Waals surface area contributed by atoms with E-state index in [0.29, 0.717) is 39.6 Å². The SMILES string of the molecule is Cc1ccc2c(NS(=O)(=O)CC3CCC3)c(F)ccc2c1Oc1ncccc1-c1ccnc(NC2CCCNC2)n1. The Labute approximate surface area is 239 Å². The van der Waals surface area contributed by atoms with Crippen LogP contribution in [-0.2, 0) is 10.0 Å². The maximum atomic E-state index is 15.0. The van der Waals surface area contributed by atoms with E-state index in [4.69, 9.17) is 9.72 Å². The van der Waals surface area contributed by atoms with Gasteiger partial charge in [0.25, 0.3) is 0 Å². The van der Waals surface area contributed by atoms with Crippen molar-refractivity contribution < 1.29 is 17.5 Å². The number of aromatic nitrogens is 3. The zero-order valence-corrected chi connectivity index (χ0v) is 23.7. The lowest BCUT2D eigenvalue weighted by Gasteiger charge is -2.25. The van der Waals surface area contributed by atoms with E-state index < -0.39 is 15.8 Å². The van der Waals surface area contributed by atoms with Crippen LogP contribution in [0.1, 0.15) is 37.7 Å². The van der Waals surface area contributed by atoms with Crippen LogP contribution in [0.5, 0.6) is 11.6 Å². The number of aryl methyl sites for hydroxylation is 1. The van der Waals surface area contributed by atoms with E-state index in [9.17, 15) is 8.42 Å². The molecule has 2 aliphatic rings. The fraction of sp³-hybridized carbons (Fsp3) is 0.367. The lowest BCUT2D eigenvalue weighted by atomic mass is 9.87. The highest BCUT2D eigenvalue weighted by Gasteiger charge is 2.26. The summed E-state index contributed by atoms with van der Waals surface area (Å²) in [5.74, 6) is 0.776. The summed E-state index contributed by atoms with van der Waals surface area (Å²) in [5, 5.41) is 7.77. The summed E-state index contributed by atoms with van der Waals surface area (Å²) in [7, 11) is -3.72. The zero-order valence-electron chi connectivity index (χ0n) is 22.9. The summed E-state index contributed by atoms with van der Waals surface area (Å²) in [4.78, 5) is 13.6. The van der Waals surface area contributed by atoms with Crippen molar-refractivity contribution in [2.75, 3.05) is 28.9 Å². The van der Waals surface area contributed by atoms with Gasteiger partial charge >= 0.3 is 0 Å². The third kappa shape index (κ3) is 6.11. The Morgan fingerprint density at radius 2 is 1.88 bits per heavy atom. The Morgan fingerprint density at radius 1 is 1.02 bits per heavy atom. The maximum Gasteiger partial charge on any atom is 0.233 e. The minimum Gasteiger partial charge on any atom is -0.437 e. The lowest BCUT2D eigenvalue weighted by molar-refractivity contribution is 0.347. The molecule has 1 atom stereocenters. The largest absolute Gasteiger partial charge is 0.437 e. The first kappa shape index (κ1) is 27.3. The Kier molecular flexibility index (Phi) is 7.72. The molecule has 3 heterocycles. The van der Waals surface area contributed by atoms with Gasteiger partial charge in [-0.25, -0.2) is 27.8 Å². The number of benzene rings is 2. The topological polar surface area (TPSA) is 118 Å². The molecule has 4 aromatic rings. The van der Waals surface area contributed by atoms with Crippen LogP contribution in [0.3, 0.4) is 0 Å². The van der Waals surface area contributed by atoms with Crippen molar-refractivity contribution in [2.45, 2.75) is 45.1 Å². The summed E-state index contributed by atoms with van der Waals surface area (Å²) >= 11 is 0. The van der Waals surface area contributed by atoms with Gasteiger partial charge < -0.3 is 15.4 Å². The van der Waals surface area contributed by atoms with E-state index in [2.05, 4.69) is 25.3 Å². The van der Waals surface area contributed by atoms with E-state index >= 15 is 4.39 Å². The van der Waals surface area contributed by atoms with Crippen LogP contribution in [0.2, 0.25) is 0 Å². The van der Waals surface area contributed by atoms with E-state index in [0.717, 1.165) is 50.8 Å². The molecule has 6 rings (SSSR count). The van der Waals surface area contributed by atoms with Gasteiger partial charge in [0.1, 0.15) is 11.6 Å². The number of sulfonamides is 1. The zero-order chi connectivity index (χ0) is 28.4. The second kappa shape index (κ2) is 11.6. The standard InChI is InChI=1S/C30H33FN6O3S/c1-19-9-10-22-23(11-12-25(31)27(22)37-41(38,39)18-20-5-2-6-20)28(19)40-29-24(8-4-15-33-29)26-13-16-34-30(36-26)35-21-7-3-14-32-17-21/h4,8-13,15-16,20-21,32,37H,2-3,5-7,14,17-18H2,1H3,(H,34,35,36). The van der Waals surface area contributed by atoms with Gasteiger partial charge in [0.2, 0.25) is 21.9 Å². The summed E-state index contributed by atoms with van der Waals surface area (Å²) < 4.78 is 49.7. The molecule has 1 saturated heterocycles. The first-order valence-corrected chi connectivity index (χ1v) is 15.7. The smallest absolute Gasteiger partial charge is 0.233 e. The molecule has 0 spiro atoms. The van der Waals surface area contributed by atoms with Crippen LogP contribution >= 0.6 is 0 Å². The number of anilines is 2. The Morgan fingerprint density at radius 3 is 2.66 bits per heavy atom. The monoisotopic (exact) mass is 576 g/mol. The van der Waals surface area contributed by atoms with Crippen LogP contribution in [0.15, 0.2) is 54.9 Å². The van der Waals surface area contributed by atoms with Crippen LogP contribution in [0.4, 0.5) is 16.0 Å². The second-order valence-corrected chi connectivity index (χ2v) is 12.6. The lowest BCUT2D eigenvalue weighted by Crippen LogP contribution is -2.38. The third-order valence-electron chi connectivity index (χ3n) is 7.77. The number of piperidine rings is 1. The van der Waals surface area contributed by atoms with Gasteiger partial charge in [0, 0.05) is 35.8 Å². The fourth-order valence-corrected chi connectivity index (χ4v) is 6.92. The molecular formula is C30H33FN6O3S. The van der Waals surface area contributed by atoms with E-state index in [1.807, 2.05) is 19.1 Å². The van der Waals surface area contributed by atoms with Gasteiger partial charge in [-0.15, -0.1) is 0 Å². The van der Waals surface area contributed by atoms with Crippen molar-refractivity contribution in [3.8, 4) is 22.9 Å². The molecule has 0 amide bonds. The quantitative estimate of drug-likeness (QED) is 0.234. The number of fused-ring (bicyclic) bond motifs is 1. The van der Waals surface area contributed by atoms with Crippen LogP contribution < -0.4 is 20.1 Å². The molecule has 0 bridgehead atoms. The Balaban J connectivity index is 1.33. The molecule has 2 aromatic heterocycles. The highest BCUT2D eigenvalue weighted by molar-refractivity contribution is 7.92. The molecular weight excluding hydrogens is 543 g/mol. The van der Waals surface area contributed by atoms with Crippen molar-refractivity contribution in [1.82, 2.24) is 20.3 Å². The Bertz CT molecular complexity index is 1670. The predicted molar refractivity (Wildman–Crippen MR) is 158 cm³/mol. The van der Waals surface area contributed by atoms with Gasteiger partial charge in [0.15, 0.2) is 0 Å². The molecule has 9 nitrogen and oxygen atoms in total. The van der Waals surface area contributed by atoms with Crippen molar-refractivity contribution in [3.63, 3.8) is 0 Å². The van der Waals surface area contributed by atoms with Gasteiger partial charge in [-0.1, -0.05) is 18.6 Å². The van der Waals surface area contributed by atoms with Gasteiger partial charge in [-0.3, -0.25) is 4.72 Å². The number of pyridine rings is 1. The highest BCUT2D eigenvalue weighted by atomic mass is 32.2. The summed E-state index contributed by atoms with van der Waals surface area (Å²) in [6, 6.07) is 12.1. The molecule has 2 fully saturated rings. The molecule has 0 radical (unpaired) electrons. The average molecular weight is 577 g/mol.